The van der Waals surface area contributed by atoms with Crippen molar-refractivity contribution in [3.05, 3.63) is 59.2 Å². The lowest BCUT2D eigenvalue weighted by atomic mass is 10.1. The van der Waals surface area contributed by atoms with E-state index in [-0.39, 0.29) is 25.7 Å². The van der Waals surface area contributed by atoms with Crippen molar-refractivity contribution in [2.24, 2.45) is 0 Å². The monoisotopic (exact) mass is 357 g/mol. The van der Waals surface area contributed by atoms with Crippen LogP contribution in [0.3, 0.4) is 0 Å². The molecule has 0 unspecified atom stereocenters. The van der Waals surface area contributed by atoms with E-state index in [1.54, 1.807) is 31.4 Å². The van der Waals surface area contributed by atoms with Gasteiger partial charge in [-0.05, 0) is 49.2 Å². The summed E-state index contributed by atoms with van der Waals surface area (Å²) in [4.78, 5) is 23.7. The van der Waals surface area contributed by atoms with Crippen molar-refractivity contribution in [3.63, 3.8) is 0 Å². The number of aryl methyl sites for hydroxylation is 2. The van der Waals surface area contributed by atoms with Crippen molar-refractivity contribution in [2.45, 2.75) is 13.8 Å². The summed E-state index contributed by atoms with van der Waals surface area (Å²) < 4.78 is 15.8. The molecule has 0 saturated carbocycles. The molecular weight excluding hydrogens is 334 g/mol. The molecule has 0 radical (unpaired) electrons. The van der Waals surface area contributed by atoms with Gasteiger partial charge in [-0.3, -0.25) is 4.79 Å². The van der Waals surface area contributed by atoms with Gasteiger partial charge in [0.25, 0.3) is 5.91 Å². The number of carbonyl (C=O) groups excluding carboxylic acids is 2. The molecule has 2 rings (SSSR count). The molecule has 0 aliphatic heterocycles. The zero-order valence-corrected chi connectivity index (χ0v) is 15.2. The van der Waals surface area contributed by atoms with Crippen LogP contribution in [0.1, 0.15) is 21.5 Å². The molecule has 0 heterocycles. The van der Waals surface area contributed by atoms with Crippen molar-refractivity contribution in [1.82, 2.24) is 5.32 Å². The first-order valence-electron chi connectivity index (χ1n) is 8.28. The quantitative estimate of drug-likeness (QED) is 0.581. The molecule has 2 aromatic carbocycles. The molecule has 0 atom stereocenters. The molecule has 0 saturated heterocycles. The highest BCUT2D eigenvalue weighted by atomic mass is 16.5. The van der Waals surface area contributed by atoms with E-state index < -0.39 is 5.97 Å². The van der Waals surface area contributed by atoms with Gasteiger partial charge >= 0.3 is 5.97 Å². The number of ether oxygens (including phenoxy) is 3. The molecule has 2 aromatic rings. The van der Waals surface area contributed by atoms with Gasteiger partial charge in [0.1, 0.15) is 6.61 Å². The van der Waals surface area contributed by atoms with Crippen molar-refractivity contribution in [1.29, 1.82) is 0 Å². The van der Waals surface area contributed by atoms with Crippen LogP contribution in [0.2, 0.25) is 0 Å². The standard InChI is InChI=1S/C20H23NO5/c1-14-8-9-16(12-15(14)2)20(23)26-13-19(22)21-10-11-25-18-7-5-4-6-17(18)24-3/h4-9,12H,10-11,13H2,1-3H3,(H,21,22). The van der Waals surface area contributed by atoms with E-state index in [0.29, 0.717) is 17.1 Å². The summed E-state index contributed by atoms with van der Waals surface area (Å²) in [7, 11) is 1.56. The van der Waals surface area contributed by atoms with Crippen LogP contribution < -0.4 is 14.8 Å². The first kappa shape index (κ1) is 19.3. The molecule has 0 bridgehead atoms. The summed E-state index contributed by atoms with van der Waals surface area (Å²) in [5.74, 6) is 0.325. The highest BCUT2D eigenvalue weighted by Gasteiger charge is 2.11. The molecule has 138 valence electrons. The number of hydrogen-bond acceptors (Lipinski definition) is 5. The van der Waals surface area contributed by atoms with Crippen LogP contribution in [0, 0.1) is 13.8 Å². The smallest absolute Gasteiger partial charge is 0.338 e. The van der Waals surface area contributed by atoms with Gasteiger partial charge in [-0.1, -0.05) is 18.2 Å². The topological polar surface area (TPSA) is 73.9 Å². The second kappa shape index (κ2) is 9.46. The van der Waals surface area contributed by atoms with Gasteiger partial charge in [0.05, 0.1) is 19.2 Å². The predicted octanol–water partition coefficient (Wildman–Crippen LogP) is 2.66. The van der Waals surface area contributed by atoms with Crippen molar-refractivity contribution < 1.29 is 23.8 Å². The van der Waals surface area contributed by atoms with Gasteiger partial charge in [0.2, 0.25) is 0 Å². The van der Waals surface area contributed by atoms with Crippen LogP contribution >= 0.6 is 0 Å². The summed E-state index contributed by atoms with van der Waals surface area (Å²) in [6.07, 6.45) is 0. The summed E-state index contributed by atoms with van der Waals surface area (Å²) >= 11 is 0. The molecule has 1 amide bonds. The van der Waals surface area contributed by atoms with Crippen LogP contribution in [0.15, 0.2) is 42.5 Å². The molecule has 0 spiro atoms. The molecule has 26 heavy (non-hydrogen) atoms. The Bertz CT molecular complexity index is 773. The zero-order chi connectivity index (χ0) is 18.9. The van der Waals surface area contributed by atoms with Crippen molar-refractivity contribution >= 4 is 11.9 Å². The van der Waals surface area contributed by atoms with E-state index in [0.717, 1.165) is 11.1 Å². The van der Waals surface area contributed by atoms with Gasteiger partial charge in [-0.15, -0.1) is 0 Å². The van der Waals surface area contributed by atoms with E-state index in [9.17, 15) is 9.59 Å². The first-order valence-corrected chi connectivity index (χ1v) is 8.28. The van der Waals surface area contributed by atoms with Crippen LogP contribution in [0.4, 0.5) is 0 Å². The number of hydrogen-bond donors (Lipinski definition) is 1. The molecule has 0 fully saturated rings. The maximum atomic E-state index is 12.0. The Hall–Kier alpha value is -3.02. The Morgan fingerprint density at radius 2 is 1.73 bits per heavy atom. The van der Waals surface area contributed by atoms with Crippen LogP contribution in [-0.2, 0) is 9.53 Å². The second-order valence-electron chi connectivity index (χ2n) is 5.72. The van der Waals surface area contributed by atoms with E-state index in [2.05, 4.69) is 5.32 Å². The molecule has 6 nitrogen and oxygen atoms in total. The fourth-order valence-electron chi connectivity index (χ4n) is 2.22. The van der Waals surface area contributed by atoms with Crippen molar-refractivity contribution in [2.75, 3.05) is 26.9 Å². The minimum absolute atomic E-state index is 0.275. The molecule has 0 aliphatic rings. The number of para-hydroxylation sites is 2. The number of amides is 1. The van der Waals surface area contributed by atoms with E-state index in [1.165, 1.54) is 0 Å². The number of esters is 1. The maximum Gasteiger partial charge on any atom is 0.338 e. The average molecular weight is 357 g/mol. The molecule has 6 heteroatoms. The normalized spacial score (nSPS) is 10.1. The summed E-state index contributed by atoms with van der Waals surface area (Å²) in [6.45, 7) is 4.11. The molecule has 0 aromatic heterocycles. The largest absolute Gasteiger partial charge is 0.493 e. The fourth-order valence-corrected chi connectivity index (χ4v) is 2.22. The van der Waals surface area contributed by atoms with Crippen LogP contribution in [0.5, 0.6) is 11.5 Å². The van der Waals surface area contributed by atoms with Crippen molar-refractivity contribution in [3.8, 4) is 11.5 Å². The minimum atomic E-state index is -0.520. The van der Waals surface area contributed by atoms with Gasteiger partial charge in [-0.2, -0.15) is 0 Å². The highest BCUT2D eigenvalue weighted by molar-refractivity contribution is 5.91. The first-order chi connectivity index (χ1) is 12.5. The Morgan fingerprint density at radius 1 is 1.00 bits per heavy atom. The summed E-state index contributed by atoms with van der Waals surface area (Å²) in [6, 6.07) is 12.5. The van der Waals surface area contributed by atoms with Gasteiger partial charge in [0.15, 0.2) is 18.1 Å². The van der Waals surface area contributed by atoms with Gasteiger partial charge in [-0.25, -0.2) is 4.79 Å². The lowest BCUT2D eigenvalue weighted by Crippen LogP contribution is -2.32. The third-order valence-corrected chi connectivity index (χ3v) is 3.83. The third-order valence-electron chi connectivity index (χ3n) is 3.83. The Morgan fingerprint density at radius 3 is 2.42 bits per heavy atom. The number of rotatable bonds is 8. The average Bonchev–Trinajstić information content (AvgIpc) is 2.65. The predicted molar refractivity (Wildman–Crippen MR) is 97.7 cm³/mol. The summed E-state index contributed by atoms with van der Waals surface area (Å²) in [5.41, 5.74) is 2.52. The number of benzene rings is 2. The molecule has 1 N–H and O–H groups in total. The lowest BCUT2D eigenvalue weighted by Gasteiger charge is -2.11. The van der Waals surface area contributed by atoms with Crippen LogP contribution in [-0.4, -0.2) is 38.7 Å². The lowest BCUT2D eigenvalue weighted by molar-refractivity contribution is -0.124. The van der Waals surface area contributed by atoms with E-state index in [4.69, 9.17) is 14.2 Å². The van der Waals surface area contributed by atoms with Crippen LogP contribution in [0.25, 0.3) is 0 Å². The summed E-state index contributed by atoms with van der Waals surface area (Å²) in [5, 5.41) is 2.64. The highest BCUT2D eigenvalue weighted by Crippen LogP contribution is 2.25. The Labute approximate surface area is 153 Å². The third kappa shape index (κ3) is 5.51. The number of carbonyl (C=O) groups is 2. The minimum Gasteiger partial charge on any atom is -0.493 e. The SMILES string of the molecule is COc1ccccc1OCCNC(=O)COC(=O)c1ccc(C)c(C)c1. The van der Waals surface area contributed by atoms with E-state index in [1.807, 2.05) is 32.0 Å². The van der Waals surface area contributed by atoms with Gasteiger partial charge in [0, 0.05) is 0 Å². The second-order valence-corrected chi connectivity index (χ2v) is 5.72. The number of nitrogens with one attached hydrogen (secondary N) is 1. The fraction of sp³-hybridized carbons (Fsp3) is 0.300. The Kier molecular flexibility index (Phi) is 7.02. The number of methoxy groups -OCH3 is 1. The molecule has 0 aliphatic carbocycles. The molecular formula is C20H23NO5. The van der Waals surface area contributed by atoms with E-state index >= 15 is 0 Å². The maximum absolute atomic E-state index is 12.0. The zero-order valence-electron chi connectivity index (χ0n) is 15.2. The van der Waals surface area contributed by atoms with Gasteiger partial charge < -0.3 is 19.5 Å². The Balaban J connectivity index is 1.70.